The van der Waals surface area contributed by atoms with Crippen molar-refractivity contribution >= 4 is 43.5 Å². The normalized spacial score (nSPS) is 14.4. The molecule has 0 unspecified atom stereocenters. The fourth-order valence-electron chi connectivity index (χ4n) is 5.21. The maximum atomic E-state index is 14.2. The highest BCUT2D eigenvalue weighted by molar-refractivity contribution is 9.10. The Morgan fingerprint density at radius 2 is 1.68 bits per heavy atom. The molecule has 1 saturated carbocycles. The molecule has 3 aromatic rings. The lowest BCUT2D eigenvalue weighted by Crippen LogP contribution is -2.52. The molecule has 218 valence electrons. The molecule has 9 heteroatoms. The smallest absolute Gasteiger partial charge is 0.264 e. The van der Waals surface area contributed by atoms with Crippen LogP contribution in [0.15, 0.2) is 82.2 Å². The van der Waals surface area contributed by atoms with Gasteiger partial charge in [0.25, 0.3) is 10.0 Å². The van der Waals surface area contributed by atoms with Crippen LogP contribution >= 0.6 is 15.9 Å². The van der Waals surface area contributed by atoms with Crippen molar-refractivity contribution in [3.8, 4) is 0 Å². The van der Waals surface area contributed by atoms with Crippen LogP contribution in [0.1, 0.15) is 56.2 Å². The lowest BCUT2D eigenvalue weighted by atomic mass is 10.1. The topological polar surface area (TPSA) is 86.8 Å². The predicted octanol–water partition coefficient (Wildman–Crippen LogP) is 5.99. The molecule has 1 atom stereocenters. The molecule has 0 aromatic heterocycles. The molecule has 7 nitrogen and oxygen atoms in total. The van der Waals surface area contributed by atoms with Crippen molar-refractivity contribution in [3.63, 3.8) is 0 Å². The number of nitrogens with zero attached hydrogens (tertiary/aromatic N) is 2. The molecule has 1 aliphatic carbocycles. The van der Waals surface area contributed by atoms with E-state index in [4.69, 9.17) is 0 Å². The van der Waals surface area contributed by atoms with E-state index >= 15 is 0 Å². The van der Waals surface area contributed by atoms with E-state index in [1.807, 2.05) is 50.2 Å². The molecular weight excluding hydrogens is 602 g/mol. The van der Waals surface area contributed by atoms with Gasteiger partial charge in [-0.15, -0.1) is 0 Å². The first-order valence-electron chi connectivity index (χ1n) is 14.1. The Labute approximate surface area is 252 Å². The molecule has 1 fully saturated rings. The summed E-state index contributed by atoms with van der Waals surface area (Å²) in [6, 6.07) is 20.7. The number of rotatable bonds is 11. The highest BCUT2D eigenvalue weighted by atomic mass is 79.9. The number of para-hydroxylation sites is 1. The van der Waals surface area contributed by atoms with E-state index in [0.717, 1.165) is 46.8 Å². The number of sulfonamides is 1. The lowest BCUT2D eigenvalue weighted by Gasteiger charge is -2.33. The van der Waals surface area contributed by atoms with Crippen LogP contribution in [0.2, 0.25) is 0 Å². The predicted molar refractivity (Wildman–Crippen MR) is 166 cm³/mol. The Bertz CT molecular complexity index is 1470. The Kier molecular flexibility index (Phi) is 10.3. The van der Waals surface area contributed by atoms with Gasteiger partial charge >= 0.3 is 0 Å². The summed E-state index contributed by atoms with van der Waals surface area (Å²) in [5, 5.41) is 3.10. The maximum absolute atomic E-state index is 14.2. The Hall–Kier alpha value is -3.17. The molecule has 4 rings (SSSR count). The fourth-order valence-corrected chi connectivity index (χ4v) is 7.11. The van der Waals surface area contributed by atoms with Crippen molar-refractivity contribution in [2.24, 2.45) is 0 Å². The van der Waals surface area contributed by atoms with Gasteiger partial charge in [-0.2, -0.15) is 0 Å². The average molecular weight is 641 g/mol. The van der Waals surface area contributed by atoms with E-state index in [1.54, 1.807) is 43.3 Å². The van der Waals surface area contributed by atoms with E-state index < -0.39 is 28.5 Å². The number of hydrogen-bond acceptors (Lipinski definition) is 4. The Morgan fingerprint density at radius 3 is 2.34 bits per heavy atom. The maximum Gasteiger partial charge on any atom is 0.264 e. The summed E-state index contributed by atoms with van der Waals surface area (Å²) in [6.45, 7) is 5.26. The second kappa shape index (κ2) is 13.7. The van der Waals surface area contributed by atoms with Crippen LogP contribution in [0.25, 0.3) is 0 Å². The standard InChI is InChI=1S/C32H38BrN3O4S/c1-4-26-11-5-8-15-30(26)36(41(39,40)29-18-16-23(2)17-19-29)22-31(37)35(21-25-10-9-12-27(33)20-25)24(3)32(38)34-28-13-6-7-14-28/h5,8-12,15-20,24,28H,4,6-7,13-14,21-22H2,1-3H3,(H,34,38)/t24-/m0/s1. The summed E-state index contributed by atoms with van der Waals surface area (Å²) in [5.41, 5.74) is 3.02. The highest BCUT2D eigenvalue weighted by Gasteiger charge is 2.34. The molecule has 0 heterocycles. The van der Waals surface area contributed by atoms with Gasteiger partial charge in [-0.3, -0.25) is 13.9 Å². The number of nitrogens with one attached hydrogen (secondary N) is 1. The minimum Gasteiger partial charge on any atom is -0.352 e. The molecule has 1 aliphatic rings. The first-order valence-corrected chi connectivity index (χ1v) is 16.3. The van der Waals surface area contributed by atoms with Crippen LogP contribution in [0.5, 0.6) is 0 Å². The number of carbonyl (C=O) groups is 2. The summed E-state index contributed by atoms with van der Waals surface area (Å²) in [7, 11) is -4.10. The van der Waals surface area contributed by atoms with Gasteiger partial charge in [0.15, 0.2) is 0 Å². The Morgan fingerprint density at radius 1 is 1.00 bits per heavy atom. The van der Waals surface area contributed by atoms with E-state index in [2.05, 4.69) is 21.2 Å². The van der Waals surface area contributed by atoms with Gasteiger partial charge in [-0.05, 0) is 74.6 Å². The van der Waals surface area contributed by atoms with Crippen molar-refractivity contribution in [1.29, 1.82) is 0 Å². The summed E-state index contributed by atoms with van der Waals surface area (Å²) in [4.78, 5) is 29.1. The van der Waals surface area contributed by atoms with Crippen molar-refractivity contribution in [1.82, 2.24) is 10.2 Å². The van der Waals surface area contributed by atoms with E-state index in [1.165, 1.54) is 9.21 Å². The van der Waals surface area contributed by atoms with E-state index in [-0.39, 0.29) is 23.4 Å². The number of halogens is 1. The number of aryl methyl sites for hydroxylation is 2. The first-order chi connectivity index (χ1) is 19.6. The molecule has 2 amide bonds. The highest BCUT2D eigenvalue weighted by Crippen LogP contribution is 2.28. The number of benzene rings is 3. The third kappa shape index (κ3) is 7.57. The first kappa shape index (κ1) is 30.8. The van der Waals surface area contributed by atoms with Crippen molar-refractivity contribution in [3.05, 3.63) is 94.0 Å². The van der Waals surface area contributed by atoms with Crippen LogP contribution < -0.4 is 9.62 Å². The average Bonchev–Trinajstić information content (AvgIpc) is 3.47. The van der Waals surface area contributed by atoms with Gasteiger partial charge in [-0.1, -0.05) is 83.7 Å². The molecule has 0 saturated heterocycles. The van der Waals surface area contributed by atoms with Crippen molar-refractivity contribution < 1.29 is 18.0 Å². The molecule has 41 heavy (non-hydrogen) atoms. The molecule has 1 N–H and O–H groups in total. The van der Waals surface area contributed by atoms with Crippen LogP contribution in [-0.4, -0.2) is 43.8 Å². The van der Waals surface area contributed by atoms with E-state index in [9.17, 15) is 18.0 Å². The SMILES string of the molecule is CCc1ccccc1N(CC(=O)N(Cc1cccc(Br)c1)[C@@H](C)C(=O)NC1CCCC1)S(=O)(=O)c1ccc(C)cc1. The molecule has 3 aromatic carbocycles. The fraction of sp³-hybridized carbons (Fsp3) is 0.375. The van der Waals surface area contributed by atoms with Gasteiger partial charge in [0, 0.05) is 17.1 Å². The third-order valence-corrected chi connectivity index (χ3v) is 9.91. The monoisotopic (exact) mass is 639 g/mol. The second-order valence-electron chi connectivity index (χ2n) is 10.6. The van der Waals surface area contributed by atoms with E-state index in [0.29, 0.717) is 12.1 Å². The Balaban J connectivity index is 1.71. The molecule has 0 aliphatic heterocycles. The van der Waals surface area contributed by atoms with Gasteiger partial charge < -0.3 is 10.2 Å². The minimum absolute atomic E-state index is 0.0996. The van der Waals surface area contributed by atoms with Gasteiger partial charge in [0.2, 0.25) is 11.8 Å². The summed E-state index contributed by atoms with van der Waals surface area (Å²) >= 11 is 3.49. The van der Waals surface area contributed by atoms with Crippen LogP contribution in [0, 0.1) is 6.92 Å². The second-order valence-corrected chi connectivity index (χ2v) is 13.4. The van der Waals surface area contributed by atoms with Gasteiger partial charge in [-0.25, -0.2) is 8.42 Å². The zero-order valence-corrected chi connectivity index (χ0v) is 26.2. The summed E-state index contributed by atoms with van der Waals surface area (Å²) in [5.74, 6) is -0.692. The molecular formula is C32H38BrN3O4S. The number of hydrogen-bond donors (Lipinski definition) is 1. The summed E-state index contributed by atoms with van der Waals surface area (Å²) < 4.78 is 30.2. The van der Waals surface area contributed by atoms with Crippen molar-refractivity contribution in [2.75, 3.05) is 10.8 Å². The number of anilines is 1. The van der Waals surface area contributed by atoms with Gasteiger partial charge in [0.1, 0.15) is 12.6 Å². The van der Waals surface area contributed by atoms with Crippen LogP contribution in [0.4, 0.5) is 5.69 Å². The number of amides is 2. The minimum atomic E-state index is -4.10. The quantitative estimate of drug-likeness (QED) is 0.279. The molecule has 0 bridgehead atoms. The summed E-state index contributed by atoms with van der Waals surface area (Å²) in [6.07, 6.45) is 4.58. The van der Waals surface area contributed by atoms with Gasteiger partial charge in [0.05, 0.1) is 10.6 Å². The van der Waals surface area contributed by atoms with Crippen LogP contribution in [-0.2, 0) is 32.6 Å². The largest absolute Gasteiger partial charge is 0.352 e. The zero-order chi connectivity index (χ0) is 29.6. The lowest BCUT2D eigenvalue weighted by molar-refractivity contribution is -0.139. The zero-order valence-electron chi connectivity index (χ0n) is 23.8. The molecule has 0 radical (unpaired) electrons. The number of carbonyl (C=O) groups excluding carboxylic acids is 2. The third-order valence-electron chi connectivity index (χ3n) is 7.64. The van der Waals surface area contributed by atoms with Crippen LogP contribution in [0.3, 0.4) is 0 Å². The van der Waals surface area contributed by atoms with Crippen molar-refractivity contribution in [2.45, 2.75) is 76.4 Å². The molecule has 0 spiro atoms.